The van der Waals surface area contributed by atoms with Crippen molar-refractivity contribution in [2.45, 2.75) is 39.5 Å². The molecular formula is C22H24BrNO2. The minimum Gasteiger partial charge on any atom is -0.496 e. The average Bonchev–Trinajstić information content (AvgIpc) is 2.89. The van der Waals surface area contributed by atoms with E-state index >= 15 is 0 Å². The van der Waals surface area contributed by atoms with E-state index in [0.29, 0.717) is 17.4 Å². The molecule has 0 saturated heterocycles. The maximum Gasteiger partial charge on any atom is 0.256 e. The number of methoxy groups -OCH3 is 1. The van der Waals surface area contributed by atoms with Gasteiger partial charge in [-0.1, -0.05) is 43.6 Å². The molecular weight excluding hydrogens is 390 g/mol. The molecule has 3 rings (SSSR count). The third kappa shape index (κ3) is 3.43. The van der Waals surface area contributed by atoms with Crippen molar-refractivity contribution in [3.63, 3.8) is 0 Å². The van der Waals surface area contributed by atoms with Crippen molar-refractivity contribution >= 4 is 39.2 Å². The van der Waals surface area contributed by atoms with Gasteiger partial charge in [-0.15, -0.1) is 0 Å². The number of benzene rings is 2. The normalized spacial score (nSPS) is 14.9. The van der Waals surface area contributed by atoms with Gasteiger partial charge in [0, 0.05) is 21.3 Å². The van der Waals surface area contributed by atoms with E-state index in [2.05, 4.69) is 61.1 Å². The smallest absolute Gasteiger partial charge is 0.256 e. The number of nitrogens with one attached hydrogen (secondary N) is 1. The molecule has 2 aromatic carbocycles. The van der Waals surface area contributed by atoms with Crippen LogP contribution in [0.1, 0.15) is 61.8 Å². The number of halogens is 1. The Hall–Kier alpha value is -2.07. The second-order valence-corrected chi connectivity index (χ2v) is 8.16. The van der Waals surface area contributed by atoms with Crippen molar-refractivity contribution < 1.29 is 9.53 Å². The summed E-state index contributed by atoms with van der Waals surface area (Å²) in [7, 11) is 1.73. The van der Waals surface area contributed by atoms with Crippen molar-refractivity contribution in [3.05, 3.63) is 57.1 Å². The number of carbonyl (C=O) groups is 1. The minimum atomic E-state index is -0.0638. The lowest BCUT2D eigenvalue weighted by molar-refractivity contribution is -0.110. The average molecular weight is 414 g/mol. The maximum absolute atomic E-state index is 12.5. The summed E-state index contributed by atoms with van der Waals surface area (Å²) in [5, 5.41) is 2.94. The lowest BCUT2D eigenvalue weighted by atomic mass is 9.90. The van der Waals surface area contributed by atoms with Gasteiger partial charge < -0.3 is 10.1 Å². The molecule has 0 fully saturated rings. The van der Waals surface area contributed by atoms with Gasteiger partial charge in [0.05, 0.1) is 7.11 Å². The molecule has 0 atom stereocenters. The molecule has 0 radical (unpaired) electrons. The van der Waals surface area contributed by atoms with Crippen molar-refractivity contribution in [2.75, 3.05) is 12.4 Å². The molecule has 1 aliphatic rings. The van der Waals surface area contributed by atoms with Gasteiger partial charge in [-0.3, -0.25) is 4.79 Å². The third-order valence-corrected chi connectivity index (χ3v) is 5.19. The Morgan fingerprint density at radius 1 is 1.04 bits per heavy atom. The summed E-state index contributed by atoms with van der Waals surface area (Å²) in [4.78, 5) is 12.5. The van der Waals surface area contributed by atoms with E-state index < -0.39 is 0 Å². The van der Waals surface area contributed by atoms with Gasteiger partial charge in [0.25, 0.3) is 5.91 Å². The van der Waals surface area contributed by atoms with Gasteiger partial charge in [-0.05, 0) is 64.9 Å². The van der Waals surface area contributed by atoms with Crippen LogP contribution in [0.2, 0.25) is 0 Å². The molecule has 136 valence electrons. The predicted molar refractivity (Wildman–Crippen MR) is 112 cm³/mol. The van der Waals surface area contributed by atoms with Crippen LogP contribution in [0.3, 0.4) is 0 Å². The highest BCUT2D eigenvalue weighted by Gasteiger charge is 2.25. The first kappa shape index (κ1) is 18.7. The summed E-state index contributed by atoms with van der Waals surface area (Å²) in [6.45, 7) is 8.64. The topological polar surface area (TPSA) is 38.3 Å². The van der Waals surface area contributed by atoms with Gasteiger partial charge in [0.15, 0.2) is 0 Å². The highest BCUT2D eigenvalue weighted by molar-refractivity contribution is 9.10. The molecule has 26 heavy (non-hydrogen) atoms. The van der Waals surface area contributed by atoms with E-state index in [-0.39, 0.29) is 5.91 Å². The number of ether oxygens (including phenoxy) is 1. The van der Waals surface area contributed by atoms with Crippen LogP contribution in [0.25, 0.3) is 11.6 Å². The minimum absolute atomic E-state index is 0.0638. The molecule has 1 amide bonds. The first-order valence-electron chi connectivity index (χ1n) is 8.86. The SMILES string of the molecule is COc1c(C(C)C)cc(C=C2C(=O)Nc3ccc(Br)cc32)cc1C(C)C. The molecule has 1 aliphatic heterocycles. The summed E-state index contributed by atoms with van der Waals surface area (Å²) < 4.78 is 6.67. The molecule has 0 aromatic heterocycles. The van der Waals surface area contributed by atoms with Gasteiger partial charge in [0.1, 0.15) is 5.75 Å². The zero-order valence-electron chi connectivity index (χ0n) is 15.8. The first-order chi connectivity index (χ1) is 12.3. The Morgan fingerprint density at radius 2 is 1.65 bits per heavy atom. The molecule has 2 aromatic rings. The molecule has 3 nitrogen and oxygen atoms in total. The Labute approximate surface area is 163 Å². The van der Waals surface area contributed by atoms with E-state index in [1.54, 1.807) is 7.11 Å². The van der Waals surface area contributed by atoms with E-state index in [4.69, 9.17) is 4.74 Å². The number of hydrogen-bond acceptors (Lipinski definition) is 2. The van der Waals surface area contributed by atoms with Crippen molar-refractivity contribution in [1.82, 2.24) is 0 Å². The van der Waals surface area contributed by atoms with E-state index in [9.17, 15) is 4.79 Å². The molecule has 0 saturated carbocycles. The van der Waals surface area contributed by atoms with Crippen LogP contribution in [-0.2, 0) is 4.79 Å². The fraction of sp³-hybridized carbons (Fsp3) is 0.318. The number of rotatable bonds is 4. The molecule has 4 heteroatoms. The number of fused-ring (bicyclic) bond motifs is 1. The highest BCUT2D eigenvalue weighted by Crippen LogP contribution is 2.39. The molecule has 0 spiro atoms. The van der Waals surface area contributed by atoms with E-state index in [0.717, 1.165) is 27.0 Å². The Kier molecular flexibility index (Phi) is 5.24. The zero-order valence-corrected chi connectivity index (χ0v) is 17.4. The quantitative estimate of drug-likeness (QED) is 0.606. The van der Waals surface area contributed by atoms with E-state index in [1.807, 2.05) is 24.3 Å². The first-order valence-corrected chi connectivity index (χ1v) is 9.66. The predicted octanol–water partition coefficient (Wildman–Crippen LogP) is 6.20. The maximum atomic E-state index is 12.5. The van der Waals surface area contributed by atoms with Crippen LogP contribution in [0.4, 0.5) is 5.69 Å². The standard InChI is InChI=1S/C22H24BrNO2/c1-12(2)16-8-14(9-17(13(3)4)21(16)26-5)10-19-18-11-15(23)6-7-20(18)24-22(19)25/h6-13H,1-5H3,(H,24,25). The second-order valence-electron chi connectivity index (χ2n) is 7.24. The van der Waals surface area contributed by atoms with Crippen LogP contribution in [0.5, 0.6) is 5.75 Å². The van der Waals surface area contributed by atoms with Crippen molar-refractivity contribution in [2.24, 2.45) is 0 Å². The molecule has 0 unspecified atom stereocenters. The highest BCUT2D eigenvalue weighted by atomic mass is 79.9. The van der Waals surface area contributed by atoms with Crippen LogP contribution < -0.4 is 10.1 Å². The van der Waals surface area contributed by atoms with Crippen molar-refractivity contribution in [1.29, 1.82) is 0 Å². The largest absolute Gasteiger partial charge is 0.496 e. The number of amides is 1. The summed E-state index contributed by atoms with van der Waals surface area (Å²) in [6.07, 6.45) is 1.98. The molecule has 1 heterocycles. The Bertz CT molecular complexity index is 868. The van der Waals surface area contributed by atoms with Gasteiger partial charge in [-0.2, -0.15) is 0 Å². The van der Waals surface area contributed by atoms with Crippen LogP contribution in [-0.4, -0.2) is 13.0 Å². The number of anilines is 1. The third-order valence-electron chi connectivity index (χ3n) is 4.69. The van der Waals surface area contributed by atoms with Gasteiger partial charge in [-0.25, -0.2) is 0 Å². The summed E-state index contributed by atoms with van der Waals surface area (Å²) >= 11 is 3.50. The van der Waals surface area contributed by atoms with E-state index in [1.165, 1.54) is 11.1 Å². The van der Waals surface area contributed by atoms with Gasteiger partial charge >= 0.3 is 0 Å². The molecule has 0 aliphatic carbocycles. The molecule has 0 bridgehead atoms. The Morgan fingerprint density at radius 3 is 2.19 bits per heavy atom. The van der Waals surface area contributed by atoms with Crippen molar-refractivity contribution in [3.8, 4) is 5.75 Å². The second kappa shape index (κ2) is 7.28. The lowest BCUT2D eigenvalue weighted by Crippen LogP contribution is -2.04. The Balaban J connectivity index is 2.18. The lowest BCUT2D eigenvalue weighted by Gasteiger charge is -2.19. The van der Waals surface area contributed by atoms with Crippen LogP contribution in [0.15, 0.2) is 34.8 Å². The van der Waals surface area contributed by atoms with Crippen LogP contribution >= 0.6 is 15.9 Å². The monoisotopic (exact) mass is 413 g/mol. The van der Waals surface area contributed by atoms with Gasteiger partial charge in [0.2, 0.25) is 0 Å². The number of carbonyl (C=O) groups excluding carboxylic acids is 1. The summed E-state index contributed by atoms with van der Waals surface area (Å²) in [5.41, 5.74) is 5.83. The fourth-order valence-electron chi connectivity index (χ4n) is 3.35. The summed E-state index contributed by atoms with van der Waals surface area (Å²) in [6, 6.07) is 10.1. The number of hydrogen-bond donors (Lipinski definition) is 1. The zero-order chi connectivity index (χ0) is 19.0. The fourth-order valence-corrected chi connectivity index (χ4v) is 3.71. The molecule has 1 N–H and O–H groups in total. The van der Waals surface area contributed by atoms with Crippen LogP contribution in [0, 0.1) is 0 Å². The summed E-state index contributed by atoms with van der Waals surface area (Å²) in [5.74, 6) is 1.56.